The minimum absolute atomic E-state index is 0.412. The fourth-order valence-corrected chi connectivity index (χ4v) is 4.51. The van der Waals surface area contributed by atoms with Crippen molar-refractivity contribution in [3.05, 3.63) is 23.3 Å². The molecule has 0 spiro atoms. The Morgan fingerprint density at radius 2 is 1.86 bits per heavy atom. The van der Waals surface area contributed by atoms with Crippen LogP contribution in [0.2, 0.25) is 0 Å². The van der Waals surface area contributed by atoms with Crippen molar-refractivity contribution in [1.82, 2.24) is 0 Å². The highest BCUT2D eigenvalue weighted by molar-refractivity contribution is 5.12. The zero-order valence-corrected chi connectivity index (χ0v) is 14.7. The second-order valence-electron chi connectivity index (χ2n) is 8.13. The molecule has 1 nitrogen and oxygen atoms in total. The van der Waals surface area contributed by atoms with Crippen molar-refractivity contribution in [2.75, 3.05) is 0 Å². The lowest BCUT2D eigenvalue weighted by atomic mass is 9.60. The van der Waals surface area contributed by atoms with Crippen LogP contribution in [0.3, 0.4) is 0 Å². The van der Waals surface area contributed by atoms with Gasteiger partial charge < -0.3 is 5.11 Å². The lowest BCUT2D eigenvalue weighted by molar-refractivity contribution is -0.0780. The van der Waals surface area contributed by atoms with Gasteiger partial charge in [0, 0.05) is 0 Å². The molecule has 0 heterocycles. The quantitative estimate of drug-likeness (QED) is 0.632. The van der Waals surface area contributed by atoms with Crippen molar-refractivity contribution >= 4 is 0 Å². The van der Waals surface area contributed by atoms with Crippen molar-refractivity contribution < 1.29 is 5.11 Å². The maximum absolute atomic E-state index is 11.0. The van der Waals surface area contributed by atoms with Crippen LogP contribution in [0.1, 0.15) is 73.1 Å². The van der Waals surface area contributed by atoms with E-state index in [2.05, 4.69) is 46.8 Å². The molecular weight excluding hydrogens is 256 g/mol. The minimum atomic E-state index is -0.494. The van der Waals surface area contributed by atoms with Gasteiger partial charge in [-0.2, -0.15) is 0 Å². The molecule has 2 aliphatic rings. The molecule has 120 valence electrons. The summed E-state index contributed by atoms with van der Waals surface area (Å²) in [6, 6.07) is 0. The summed E-state index contributed by atoms with van der Waals surface area (Å²) in [5.41, 5.74) is 2.52. The van der Waals surface area contributed by atoms with Crippen LogP contribution in [0.15, 0.2) is 23.3 Å². The van der Waals surface area contributed by atoms with Gasteiger partial charge in [0.1, 0.15) is 0 Å². The Labute approximate surface area is 131 Å². The first-order chi connectivity index (χ1) is 9.81. The molecule has 0 aromatic rings. The van der Waals surface area contributed by atoms with Gasteiger partial charge in [0.15, 0.2) is 0 Å². The van der Waals surface area contributed by atoms with Crippen molar-refractivity contribution in [3.8, 4) is 0 Å². The zero-order valence-electron chi connectivity index (χ0n) is 14.7. The Morgan fingerprint density at radius 3 is 2.52 bits per heavy atom. The summed E-state index contributed by atoms with van der Waals surface area (Å²) in [7, 11) is 0. The predicted molar refractivity (Wildman–Crippen MR) is 91.1 cm³/mol. The van der Waals surface area contributed by atoms with E-state index in [0.29, 0.717) is 17.8 Å². The molecule has 0 amide bonds. The van der Waals surface area contributed by atoms with E-state index in [-0.39, 0.29) is 0 Å². The summed E-state index contributed by atoms with van der Waals surface area (Å²) in [5, 5.41) is 11.0. The Kier molecular flexibility index (Phi) is 5.35. The number of allylic oxidation sites excluding steroid dienone is 4. The van der Waals surface area contributed by atoms with Crippen LogP contribution in [0.25, 0.3) is 0 Å². The molecule has 0 aromatic heterocycles. The molecule has 0 bridgehead atoms. The third-order valence-electron chi connectivity index (χ3n) is 5.96. The molecule has 1 heteroatoms. The Balaban J connectivity index is 2.35. The summed E-state index contributed by atoms with van der Waals surface area (Å²) in [6.07, 6.45) is 11.7. The molecular formula is C20H34O. The van der Waals surface area contributed by atoms with Crippen molar-refractivity contribution in [2.45, 2.75) is 78.7 Å². The van der Waals surface area contributed by atoms with Gasteiger partial charge in [0.2, 0.25) is 0 Å². The first-order valence-electron chi connectivity index (χ1n) is 8.86. The molecule has 0 radical (unpaired) electrons. The molecule has 0 saturated heterocycles. The summed E-state index contributed by atoms with van der Waals surface area (Å²) in [5.74, 6) is 2.40. The van der Waals surface area contributed by atoms with Gasteiger partial charge in [0.05, 0.1) is 5.60 Å². The normalized spacial score (nSPS) is 38.5. The van der Waals surface area contributed by atoms with Gasteiger partial charge in [-0.15, -0.1) is 0 Å². The van der Waals surface area contributed by atoms with Crippen LogP contribution < -0.4 is 0 Å². The fourth-order valence-electron chi connectivity index (χ4n) is 4.51. The molecule has 0 unspecified atom stereocenters. The van der Waals surface area contributed by atoms with Crippen LogP contribution in [0.5, 0.6) is 0 Å². The smallest absolute Gasteiger partial charge is 0.0653 e. The van der Waals surface area contributed by atoms with E-state index in [4.69, 9.17) is 0 Å². The van der Waals surface area contributed by atoms with E-state index in [0.717, 1.165) is 25.2 Å². The summed E-state index contributed by atoms with van der Waals surface area (Å²) >= 11 is 0. The molecule has 1 fully saturated rings. The largest absolute Gasteiger partial charge is 0.390 e. The summed E-state index contributed by atoms with van der Waals surface area (Å²) < 4.78 is 0. The van der Waals surface area contributed by atoms with Crippen molar-refractivity contribution in [1.29, 1.82) is 0 Å². The van der Waals surface area contributed by atoms with E-state index in [1.54, 1.807) is 0 Å². The van der Waals surface area contributed by atoms with Crippen LogP contribution in [-0.4, -0.2) is 10.7 Å². The van der Waals surface area contributed by atoms with Gasteiger partial charge >= 0.3 is 0 Å². The highest BCUT2D eigenvalue weighted by atomic mass is 16.3. The van der Waals surface area contributed by atoms with Crippen LogP contribution in [0, 0.1) is 23.7 Å². The predicted octanol–water partition coefficient (Wildman–Crippen LogP) is 5.50. The fraction of sp³-hybridized carbons (Fsp3) is 0.800. The second-order valence-corrected chi connectivity index (χ2v) is 8.13. The SMILES string of the molecule is CC1=C[C@@H]2[C@@H](C(C)C)CC[C@@](C)(O)[C@@H]2CCC(C)=CCC1. The monoisotopic (exact) mass is 290 g/mol. The van der Waals surface area contributed by atoms with Gasteiger partial charge in [-0.3, -0.25) is 0 Å². The van der Waals surface area contributed by atoms with E-state index >= 15 is 0 Å². The topological polar surface area (TPSA) is 20.2 Å². The second kappa shape index (κ2) is 6.69. The molecule has 0 aliphatic heterocycles. The molecule has 1 saturated carbocycles. The minimum Gasteiger partial charge on any atom is -0.390 e. The maximum atomic E-state index is 11.0. The Hall–Kier alpha value is -0.560. The number of hydrogen-bond donors (Lipinski definition) is 1. The first-order valence-corrected chi connectivity index (χ1v) is 8.86. The summed E-state index contributed by atoms with van der Waals surface area (Å²) in [6.45, 7) is 11.3. The zero-order chi connectivity index (χ0) is 15.6. The number of fused-ring (bicyclic) bond motifs is 1. The van der Waals surface area contributed by atoms with Crippen molar-refractivity contribution in [3.63, 3.8) is 0 Å². The highest BCUT2D eigenvalue weighted by Gasteiger charge is 2.44. The number of hydrogen-bond acceptors (Lipinski definition) is 1. The molecule has 2 aliphatic carbocycles. The molecule has 4 atom stereocenters. The first kappa shape index (κ1) is 16.8. The van der Waals surface area contributed by atoms with Gasteiger partial charge in [0.25, 0.3) is 0 Å². The van der Waals surface area contributed by atoms with Crippen molar-refractivity contribution in [2.24, 2.45) is 23.7 Å². The molecule has 21 heavy (non-hydrogen) atoms. The average molecular weight is 290 g/mol. The van der Waals surface area contributed by atoms with Crippen LogP contribution >= 0.6 is 0 Å². The average Bonchev–Trinajstić information content (AvgIpc) is 2.36. The highest BCUT2D eigenvalue weighted by Crippen LogP contribution is 2.48. The number of aliphatic hydroxyl groups is 1. The molecule has 0 aromatic carbocycles. The Bertz CT molecular complexity index is 414. The van der Waals surface area contributed by atoms with Crippen LogP contribution in [0.4, 0.5) is 0 Å². The molecule has 2 rings (SSSR count). The summed E-state index contributed by atoms with van der Waals surface area (Å²) in [4.78, 5) is 0. The number of rotatable bonds is 1. The third-order valence-corrected chi connectivity index (χ3v) is 5.96. The lowest BCUT2D eigenvalue weighted by Gasteiger charge is -2.48. The van der Waals surface area contributed by atoms with Crippen LogP contribution in [-0.2, 0) is 0 Å². The third kappa shape index (κ3) is 4.00. The van der Waals surface area contributed by atoms with E-state index < -0.39 is 5.60 Å². The Morgan fingerprint density at radius 1 is 1.14 bits per heavy atom. The lowest BCUT2D eigenvalue weighted by Crippen LogP contribution is -2.47. The van der Waals surface area contributed by atoms with E-state index in [1.165, 1.54) is 30.4 Å². The van der Waals surface area contributed by atoms with Gasteiger partial charge in [-0.25, -0.2) is 0 Å². The maximum Gasteiger partial charge on any atom is 0.0653 e. The van der Waals surface area contributed by atoms with Gasteiger partial charge in [-0.1, -0.05) is 37.1 Å². The van der Waals surface area contributed by atoms with E-state index in [9.17, 15) is 5.11 Å². The molecule has 1 N–H and O–H groups in total. The standard InChI is InChI=1S/C20H34O/c1-14(2)17-11-12-20(5,21)19-10-9-15(3)7-6-8-16(4)13-18(17)19/h7,13-14,17-19,21H,6,8-12H2,1-5H3/t17-,18-,19-,20-/m1/s1. The van der Waals surface area contributed by atoms with Gasteiger partial charge in [-0.05, 0) is 83.0 Å². The van der Waals surface area contributed by atoms with E-state index in [1.807, 2.05) is 0 Å².